The predicted molar refractivity (Wildman–Crippen MR) is 81.4 cm³/mol. The summed E-state index contributed by atoms with van der Waals surface area (Å²) in [5.41, 5.74) is 8.40. The summed E-state index contributed by atoms with van der Waals surface area (Å²) in [6.07, 6.45) is 3.36. The van der Waals surface area contributed by atoms with Gasteiger partial charge < -0.3 is 5.73 Å². The Morgan fingerprint density at radius 1 is 1.21 bits per heavy atom. The van der Waals surface area contributed by atoms with Crippen molar-refractivity contribution in [3.05, 3.63) is 35.4 Å². The molecule has 106 valence electrons. The van der Waals surface area contributed by atoms with Crippen LogP contribution in [0.3, 0.4) is 0 Å². The van der Waals surface area contributed by atoms with Crippen LogP contribution in [0.4, 0.5) is 0 Å². The van der Waals surface area contributed by atoms with E-state index in [0.29, 0.717) is 6.42 Å². The fourth-order valence-electron chi connectivity index (χ4n) is 2.04. The molecule has 0 spiro atoms. The second kappa shape index (κ2) is 6.85. The molecule has 0 heterocycles. The topological polar surface area (TPSA) is 43.1 Å². The largest absolute Gasteiger partial charge is 0.321 e. The van der Waals surface area contributed by atoms with E-state index in [2.05, 4.69) is 39.8 Å². The molecule has 1 aromatic rings. The highest BCUT2D eigenvalue weighted by atomic mass is 16.1. The second-order valence-corrected chi connectivity index (χ2v) is 6.34. The number of Topliss-reactive ketones (excluding diaryl/α,β-unsaturated/α-hetero) is 1. The quantitative estimate of drug-likeness (QED) is 0.850. The van der Waals surface area contributed by atoms with Gasteiger partial charge in [0.1, 0.15) is 0 Å². The zero-order chi connectivity index (χ0) is 14.5. The summed E-state index contributed by atoms with van der Waals surface area (Å²) in [6, 6.07) is 8.01. The van der Waals surface area contributed by atoms with E-state index in [4.69, 9.17) is 5.73 Å². The standard InChI is InChI=1S/C17H27NO/c1-5-6-7-15(18)16(19)12-13-8-10-14(11-9-13)17(2,3)4/h8-11,15H,5-7,12,18H2,1-4H3. The van der Waals surface area contributed by atoms with Gasteiger partial charge in [0.25, 0.3) is 0 Å². The van der Waals surface area contributed by atoms with Crippen molar-refractivity contribution in [1.29, 1.82) is 0 Å². The van der Waals surface area contributed by atoms with Crippen LogP contribution in [-0.2, 0) is 16.6 Å². The number of hydrogen-bond donors (Lipinski definition) is 1. The summed E-state index contributed by atoms with van der Waals surface area (Å²) < 4.78 is 0. The van der Waals surface area contributed by atoms with E-state index in [0.717, 1.165) is 24.8 Å². The third-order valence-electron chi connectivity index (χ3n) is 3.48. The fourth-order valence-corrected chi connectivity index (χ4v) is 2.04. The Morgan fingerprint density at radius 3 is 2.26 bits per heavy atom. The Morgan fingerprint density at radius 2 is 1.79 bits per heavy atom. The van der Waals surface area contributed by atoms with Crippen molar-refractivity contribution < 1.29 is 4.79 Å². The Kier molecular flexibility index (Phi) is 5.74. The number of ketones is 1. The van der Waals surface area contributed by atoms with Crippen molar-refractivity contribution in [2.45, 2.75) is 64.8 Å². The van der Waals surface area contributed by atoms with E-state index in [-0.39, 0.29) is 17.2 Å². The fraction of sp³-hybridized carbons (Fsp3) is 0.588. The van der Waals surface area contributed by atoms with E-state index in [9.17, 15) is 4.79 Å². The Balaban J connectivity index is 2.60. The molecule has 2 heteroatoms. The van der Waals surface area contributed by atoms with Gasteiger partial charge in [0, 0.05) is 6.42 Å². The first kappa shape index (κ1) is 15.9. The molecule has 0 saturated carbocycles. The molecule has 0 aliphatic rings. The van der Waals surface area contributed by atoms with Gasteiger partial charge in [0.15, 0.2) is 5.78 Å². The maximum Gasteiger partial charge on any atom is 0.153 e. The second-order valence-electron chi connectivity index (χ2n) is 6.34. The van der Waals surface area contributed by atoms with Crippen molar-refractivity contribution in [2.75, 3.05) is 0 Å². The minimum Gasteiger partial charge on any atom is -0.321 e. The summed E-state index contributed by atoms with van der Waals surface area (Å²) >= 11 is 0. The molecule has 2 N–H and O–H groups in total. The van der Waals surface area contributed by atoms with Gasteiger partial charge in [-0.3, -0.25) is 4.79 Å². The van der Waals surface area contributed by atoms with Gasteiger partial charge in [0.05, 0.1) is 6.04 Å². The van der Waals surface area contributed by atoms with E-state index in [1.165, 1.54) is 5.56 Å². The third-order valence-corrected chi connectivity index (χ3v) is 3.48. The van der Waals surface area contributed by atoms with Gasteiger partial charge >= 0.3 is 0 Å². The Hall–Kier alpha value is -1.15. The summed E-state index contributed by atoms with van der Waals surface area (Å²) in [6.45, 7) is 8.68. The summed E-state index contributed by atoms with van der Waals surface area (Å²) in [7, 11) is 0. The molecule has 0 amide bonds. The van der Waals surface area contributed by atoms with E-state index in [1.54, 1.807) is 0 Å². The van der Waals surface area contributed by atoms with Gasteiger partial charge in [-0.25, -0.2) is 0 Å². The number of hydrogen-bond acceptors (Lipinski definition) is 2. The van der Waals surface area contributed by atoms with Crippen LogP contribution in [-0.4, -0.2) is 11.8 Å². The number of nitrogens with two attached hydrogens (primary N) is 1. The third kappa shape index (κ3) is 5.15. The number of benzene rings is 1. The monoisotopic (exact) mass is 261 g/mol. The highest BCUT2D eigenvalue weighted by Crippen LogP contribution is 2.22. The van der Waals surface area contributed by atoms with Crippen molar-refractivity contribution >= 4 is 5.78 Å². The smallest absolute Gasteiger partial charge is 0.153 e. The Labute approximate surface area is 117 Å². The highest BCUT2D eigenvalue weighted by molar-refractivity contribution is 5.85. The molecule has 0 radical (unpaired) electrons. The van der Waals surface area contributed by atoms with Crippen LogP contribution in [0.15, 0.2) is 24.3 Å². The summed E-state index contributed by atoms with van der Waals surface area (Å²) in [5.74, 6) is 0.150. The van der Waals surface area contributed by atoms with Crippen LogP contribution in [0.2, 0.25) is 0 Å². The molecule has 0 aromatic heterocycles. The molecule has 0 saturated heterocycles. The first-order valence-corrected chi connectivity index (χ1v) is 7.22. The first-order valence-electron chi connectivity index (χ1n) is 7.22. The molecule has 1 rings (SSSR count). The van der Waals surface area contributed by atoms with Crippen LogP contribution in [0.25, 0.3) is 0 Å². The summed E-state index contributed by atoms with van der Waals surface area (Å²) in [4.78, 5) is 12.0. The molecule has 1 atom stereocenters. The molecular formula is C17H27NO. The first-order chi connectivity index (χ1) is 8.84. The Bertz CT molecular complexity index is 400. The van der Waals surface area contributed by atoms with Crippen LogP contribution in [0.1, 0.15) is 58.1 Å². The maximum absolute atomic E-state index is 12.0. The lowest BCUT2D eigenvalue weighted by Gasteiger charge is -2.19. The van der Waals surface area contributed by atoms with E-state index < -0.39 is 0 Å². The zero-order valence-corrected chi connectivity index (χ0v) is 12.7. The lowest BCUT2D eigenvalue weighted by atomic mass is 9.86. The molecule has 0 bridgehead atoms. The zero-order valence-electron chi connectivity index (χ0n) is 12.7. The molecule has 0 fully saturated rings. The van der Waals surface area contributed by atoms with Crippen LogP contribution in [0.5, 0.6) is 0 Å². The minimum absolute atomic E-state index is 0.150. The molecular weight excluding hydrogens is 234 g/mol. The van der Waals surface area contributed by atoms with Crippen LogP contribution < -0.4 is 5.73 Å². The van der Waals surface area contributed by atoms with E-state index >= 15 is 0 Å². The van der Waals surface area contributed by atoms with Crippen molar-refractivity contribution in [1.82, 2.24) is 0 Å². The highest BCUT2D eigenvalue weighted by Gasteiger charge is 2.15. The number of carbonyl (C=O) groups excluding carboxylic acids is 1. The van der Waals surface area contributed by atoms with Gasteiger partial charge in [-0.2, -0.15) is 0 Å². The van der Waals surface area contributed by atoms with E-state index in [1.807, 2.05) is 12.1 Å². The molecule has 0 aliphatic carbocycles. The van der Waals surface area contributed by atoms with Crippen LogP contribution >= 0.6 is 0 Å². The lowest BCUT2D eigenvalue weighted by Crippen LogP contribution is -2.31. The summed E-state index contributed by atoms with van der Waals surface area (Å²) in [5, 5.41) is 0. The van der Waals surface area contributed by atoms with Crippen molar-refractivity contribution in [2.24, 2.45) is 5.73 Å². The molecule has 1 unspecified atom stereocenters. The maximum atomic E-state index is 12.0. The SMILES string of the molecule is CCCCC(N)C(=O)Cc1ccc(C(C)(C)C)cc1. The number of carbonyl (C=O) groups is 1. The number of rotatable bonds is 6. The average Bonchev–Trinajstić information content (AvgIpc) is 2.35. The molecule has 2 nitrogen and oxygen atoms in total. The molecule has 19 heavy (non-hydrogen) atoms. The van der Waals surface area contributed by atoms with Gasteiger partial charge in [-0.15, -0.1) is 0 Å². The van der Waals surface area contributed by atoms with Gasteiger partial charge in [0.2, 0.25) is 0 Å². The lowest BCUT2D eigenvalue weighted by molar-refractivity contribution is -0.119. The van der Waals surface area contributed by atoms with Crippen LogP contribution in [0, 0.1) is 0 Å². The minimum atomic E-state index is -0.303. The predicted octanol–water partition coefficient (Wildman–Crippen LogP) is 3.61. The number of unbranched alkanes of at least 4 members (excludes halogenated alkanes) is 1. The van der Waals surface area contributed by atoms with Crippen molar-refractivity contribution in [3.8, 4) is 0 Å². The molecule has 1 aromatic carbocycles. The normalized spacial score (nSPS) is 13.3. The van der Waals surface area contributed by atoms with Gasteiger partial charge in [-0.1, -0.05) is 64.8 Å². The molecule has 0 aliphatic heterocycles. The average molecular weight is 261 g/mol. The van der Waals surface area contributed by atoms with Crippen molar-refractivity contribution in [3.63, 3.8) is 0 Å². The van der Waals surface area contributed by atoms with Gasteiger partial charge in [-0.05, 0) is 23.0 Å².